The summed E-state index contributed by atoms with van der Waals surface area (Å²) in [6.07, 6.45) is -0.747. The number of carbonyl (C=O) groups is 1. The molecule has 1 aliphatic heterocycles. The number of pyridine rings is 1. The molecule has 0 saturated carbocycles. The number of benzene rings is 1. The molecule has 0 spiro atoms. The Hall–Kier alpha value is -2.67. The van der Waals surface area contributed by atoms with Gasteiger partial charge in [0.15, 0.2) is 0 Å². The molecule has 2 N–H and O–H groups in total. The minimum Gasteiger partial charge on any atom is -0.465 e. The molecule has 0 bridgehead atoms. The van der Waals surface area contributed by atoms with Crippen molar-refractivity contribution in [2.45, 2.75) is 31.6 Å². The van der Waals surface area contributed by atoms with Gasteiger partial charge < -0.3 is 15.0 Å². The lowest BCUT2D eigenvalue weighted by atomic mass is 9.88. The van der Waals surface area contributed by atoms with Crippen molar-refractivity contribution in [3.8, 4) is 11.3 Å². The maximum absolute atomic E-state index is 13.4. The molecule has 0 unspecified atom stereocenters. The van der Waals surface area contributed by atoms with Crippen molar-refractivity contribution in [3.63, 3.8) is 0 Å². The van der Waals surface area contributed by atoms with E-state index in [-0.39, 0.29) is 12.3 Å². The van der Waals surface area contributed by atoms with E-state index in [0.717, 1.165) is 29.3 Å². The van der Waals surface area contributed by atoms with Gasteiger partial charge in [-0.15, -0.1) is 0 Å². The van der Waals surface area contributed by atoms with Gasteiger partial charge in [-0.1, -0.05) is 17.7 Å². The van der Waals surface area contributed by atoms with Gasteiger partial charge in [-0.25, -0.2) is 18.6 Å². The smallest absolute Gasteiger partial charge is 0.407 e. The van der Waals surface area contributed by atoms with E-state index < -0.39 is 12.5 Å². The van der Waals surface area contributed by atoms with Crippen molar-refractivity contribution in [2.24, 2.45) is 0 Å². The van der Waals surface area contributed by atoms with Gasteiger partial charge in [0.25, 0.3) is 0 Å². The molecular formula is C21H20ClF2N3O2. The van der Waals surface area contributed by atoms with Crippen molar-refractivity contribution >= 4 is 28.6 Å². The van der Waals surface area contributed by atoms with Crippen LogP contribution in [0.4, 0.5) is 13.6 Å². The second-order valence-corrected chi connectivity index (χ2v) is 7.68. The number of hydrogen-bond donors (Lipinski definition) is 2. The van der Waals surface area contributed by atoms with Gasteiger partial charge >= 0.3 is 6.09 Å². The molecule has 8 heteroatoms. The number of fused-ring (bicyclic) bond motifs is 1. The Kier molecular flexibility index (Phi) is 5.41. The summed E-state index contributed by atoms with van der Waals surface area (Å²) in [5, 5.41) is 10.2. The van der Waals surface area contributed by atoms with Crippen LogP contribution in [0.25, 0.3) is 22.2 Å². The SMILES string of the molecule is O=C(O)N1CCC(c2ccc3[nH]c(-c4ccnc(Cl)c4)c(CC(F)F)c3c2)CC1. The van der Waals surface area contributed by atoms with E-state index in [9.17, 15) is 13.6 Å². The predicted molar refractivity (Wildman–Crippen MR) is 108 cm³/mol. The number of nitrogens with zero attached hydrogens (tertiary/aromatic N) is 2. The number of aromatic nitrogens is 2. The Morgan fingerprint density at radius 1 is 1.28 bits per heavy atom. The largest absolute Gasteiger partial charge is 0.465 e. The number of alkyl halides is 2. The molecule has 4 rings (SSSR count). The monoisotopic (exact) mass is 419 g/mol. The van der Waals surface area contributed by atoms with Crippen LogP contribution in [0, 0.1) is 0 Å². The molecular weight excluding hydrogens is 400 g/mol. The number of piperidine rings is 1. The van der Waals surface area contributed by atoms with E-state index in [4.69, 9.17) is 16.7 Å². The Morgan fingerprint density at radius 3 is 2.69 bits per heavy atom. The Morgan fingerprint density at radius 2 is 2.03 bits per heavy atom. The number of amides is 1. The molecule has 29 heavy (non-hydrogen) atoms. The molecule has 5 nitrogen and oxygen atoms in total. The first-order valence-corrected chi connectivity index (χ1v) is 9.82. The van der Waals surface area contributed by atoms with E-state index >= 15 is 0 Å². The second kappa shape index (κ2) is 7.99. The van der Waals surface area contributed by atoms with E-state index in [2.05, 4.69) is 9.97 Å². The van der Waals surface area contributed by atoms with E-state index in [0.29, 0.717) is 35.1 Å². The number of halogens is 3. The second-order valence-electron chi connectivity index (χ2n) is 7.29. The van der Waals surface area contributed by atoms with Gasteiger partial charge in [0.1, 0.15) is 5.15 Å². The Bertz CT molecular complexity index is 1050. The highest BCUT2D eigenvalue weighted by Crippen LogP contribution is 2.36. The first-order valence-electron chi connectivity index (χ1n) is 9.45. The summed E-state index contributed by atoms with van der Waals surface area (Å²) in [5.41, 5.74) is 3.74. The molecule has 0 aliphatic carbocycles. The van der Waals surface area contributed by atoms with Crippen molar-refractivity contribution in [1.82, 2.24) is 14.9 Å². The highest BCUT2D eigenvalue weighted by atomic mass is 35.5. The van der Waals surface area contributed by atoms with Crippen LogP contribution in [-0.2, 0) is 6.42 Å². The molecule has 1 amide bonds. The fourth-order valence-corrected chi connectivity index (χ4v) is 4.27. The van der Waals surface area contributed by atoms with Crippen LogP contribution >= 0.6 is 11.6 Å². The van der Waals surface area contributed by atoms with Crippen molar-refractivity contribution < 1.29 is 18.7 Å². The zero-order chi connectivity index (χ0) is 20.5. The van der Waals surface area contributed by atoms with Crippen LogP contribution in [0.15, 0.2) is 36.5 Å². The fraction of sp³-hybridized carbons (Fsp3) is 0.333. The van der Waals surface area contributed by atoms with Crippen LogP contribution in [0.5, 0.6) is 0 Å². The zero-order valence-corrected chi connectivity index (χ0v) is 16.3. The third-order valence-corrected chi connectivity index (χ3v) is 5.75. The number of H-pyrrole nitrogens is 1. The Balaban J connectivity index is 1.73. The number of hydrogen-bond acceptors (Lipinski definition) is 2. The third-order valence-electron chi connectivity index (χ3n) is 5.54. The summed E-state index contributed by atoms with van der Waals surface area (Å²) in [7, 11) is 0. The maximum Gasteiger partial charge on any atom is 0.407 e. The molecule has 152 valence electrons. The molecule has 3 heterocycles. The molecule has 1 fully saturated rings. The summed E-state index contributed by atoms with van der Waals surface area (Å²) >= 11 is 5.99. The van der Waals surface area contributed by atoms with Gasteiger partial charge in [-0.05, 0) is 54.2 Å². The van der Waals surface area contributed by atoms with Crippen LogP contribution in [0.2, 0.25) is 5.15 Å². The first kappa shape index (κ1) is 19.6. The van der Waals surface area contributed by atoms with Crippen LogP contribution in [0.3, 0.4) is 0 Å². The summed E-state index contributed by atoms with van der Waals surface area (Å²) < 4.78 is 26.7. The molecule has 1 aliphatic rings. The van der Waals surface area contributed by atoms with E-state index in [1.165, 1.54) is 4.90 Å². The molecule has 0 atom stereocenters. The number of nitrogens with one attached hydrogen (secondary N) is 1. The van der Waals surface area contributed by atoms with Crippen molar-refractivity contribution in [3.05, 3.63) is 52.8 Å². The predicted octanol–water partition coefficient (Wildman–Crippen LogP) is 5.55. The summed E-state index contributed by atoms with van der Waals surface area (Å²) in [4.78, 5) is 19.8. The van der Waals surface area contributed by atoms with E-state index in [1.807, 2.05) is 18.2 Å². The van der Waals surface area contributed by atoms with Gasteiger partial charge in [-0.2, -0.15) is 0 Å². The molecule has 3 aromatic rings. The van der Waals surface area contributed by atoms with Crippen LogP contribution in [-0.4, -0.2) is 45.6 Å². The highest BCUT2D eigenvalue weighted by molar-refractivity contribution is 6.29. The van der Waals surface area contributed by atoms with Crippen molar-refractivity contribution in [2.75, 3.05) is 13.1 Å². The first-order chi connectivity index (χ1) is 13.9. The van der Waals surface area contributed by atoms with Gasteiger partial charge in [-0.3, -0.25) is 0 Å². The van der Waals surface area contributed by atoms with Gasteiger partial charge in [0.05, 0.1) is 5.69 Å². The lowest BCUT2D eigenvalue weighted by Gasteiger charge is -2.30. The number of carboxylic acid groups (broad SMARTS) is 1. The maximum atomic E-state index is 13.4. The zero-order valence-electron chi connectivity index (χ0n) is 15.5. The average Bonchev–Trinajstić information content (AvgIpc) is 3.05. The van der Waals surface area contributed by atoms with Crippen molar-refractivity contribution in [1.29, 1.82) is 0 Å². The number of likely N-dealkylation sites (tertiary alicyclic amines) is 1. The summed E-state index contributed by atoms with van der Waals surface area (Å²) in [5.74, 6) is 0.211. The lowest BCUT2D eigenvalue weighted by molar-refractivity contribution is 0.132. The molecule has 1 saturated heterocycles. The van der Waals surface area contributed by atoms with E-state index in [1.54, 1.807) is 18.3 Å². The normalized spacial score (nSPS) is 15.4. The van der Waals surface area contributed by atoms with Crippen LogP contribution < -0.4 is 0 Å². The quantitative estimate of drug-likeness (QED) is 0.545. The third kappa shape index (κ3) is 4.05. The molecule has 0 radical (unpaired) electrons. The van der Waals surface area contributed by atoms with Gasteiger partial charge in [0, 0.05) is 42.2 Å². The topological polar surface area (TPSA) is 69.2 Å². The average molecular weight is 420 g/mol. The Labute approximate surface area is 171 Å². The molecule has 2 aromatic heterocycles. The fourth-order valence-electron chi connectivity index (χ4n) is 4.09. The lowest BCUT2D eigenvalue weighted by Crippen LogP contribution is -2.36. The van der Waals surface area contributed by atoms with Gasteiger partial charge in [0.2, 0.25) is 6.43 Å². The minimum absolute atomic E-state index is 0.211. The number of rotatable bonds is 4. The number of aromatic amines is 1. The summed E-state index contributed by atoms with van der Waals surface area (Å²) in [6, 6.07) is 9.28. The summed E-state index contributed by atoms with van der Waals surface area (Å²) in [6.45, 7) is 0.964. The highest BCUT2D eigenvalue weighted by Gasteiger charge is 2.24. The molecule has 1 aromatic carbocycles. The standard InChI is InChI=1S/C21H20ClF2N3O2/c22-18-10-14(3-6-25-18)20-16(11-19(23)24)15-9-13(1-2-17(15)26-20)12-4-7-27(8-5-12)21(28)29/h1-3,6,9-10,12,19,26H,4-5,7-8,11H2,(H,28,29). The van der Waals surface area contributed by atoms with Crippen LogP contribution in [0.1, 0.15) is 29.9 Å². The minimum atomic E-state index is -2.48.